The molecule has 0 amide bonds. The molecule has 0 unspecified atom stereocenters. The maximum Gasteiger partial charge on any atom is 0.191 e. The van der Waals surface area contributed by atoms with Crippen LogP contribution in [-0.4, -0.2) is 29.0 Å². The van der Waals surface area contributed by atoms with Crippen LogP contribution in [0.5, 0.6) is 0 Å². The molecule has 5 nitrogen and oxygen atoms in total. The Kier molecular flexibility index (Phi) is 8.56. The number of aromatic nitrogens is 2. The van der Waals surface area contributed by atoms with E-state index in [1.807, 2.05) is 6.20 Å². The Morgan fingerprint density at radius 3 is 2.78 bits per heavy atom. The zero-order valence-corrected chi connectivity index (χ0v) is 19.3. The molecular formula is C20H28IN5S. The van der Waals surface area contributed by atoms with E-state index in [1.54, 1.807) is 11.3 Å². The highest BCUT2D eigenvalue weighted by atomic mass is 127. The molecule has 0 atom stereocenters. The van der Waals surface area contributed by atoms with E-state index in [1.165, 1.54) is 27.0 Å². The van der Waals surface area contributed by atoms with E-state index in [-0.39, 0.29) is 24.0 Å². The lowest BCUT2D eigenvalue weighted by Gasteiger charge is -2.11. The summed E-state index contributed by atoms with van der Waals surface area (Å²) in [4.78, 5) is 13.9. The quantitative estimate of drug-likeness (QED) is 0.258. The number of rotatable bonds is 7. The van der Waals surface area contributed by atoms with Gasteiger partial charge in [0.15, 0.2) is 5.96 Å². The Morgan fingerprint density at radius 1 is 1.22 bits per heavy atom. The van der Waals surface area contributed by atoms with Crippen LogP contribution in [0.4, 0.5) is 0 Å². The summed E-state index contributed by atoms with van der Waals surface area (Å²) in [6, 6.07) is 8.47. The number of halogens is 1. The summed E-state index contributed by atoms with van der Waals surface area (Å²) in [5.74, 6) is 0.846. The van der Waals surface area contributed by atoms with Crippen molar-refractivity contribution in [3.63, 3.8) is 0 Å². The first kappa shape index (κ1) is 21.7. The van der Waals surface area contributed by atoms with E-state index in [2.05, 4.69) is 70.6 Å². The Bertz CT molecular complexity index is 884. The van der Waals surface area contributed by atoms with Gasteiger partial charge in [0.05, 0.1) is 6.54 Å². The van der Waals surface area contributed by atoms with Gasteiger partial charge in [-0.3, -0.25) is 0 Å². The summed E-state index contributed by atoms with van der Waals surface area (Å²) in [6.45, 7) is 8.68. The van der Waals surface area contributed by atoms with Crippen LogP contribution < -0.4 is 10.6 Å². The summed E-state index contributed by atoms with van der Waals surface area (Å²) in [5, 5.41) is 9.13. The van der Waals surface area contributed by atoms with Crippen molar-refractivity contribution in [3.05, 3.63) is 51.6 Å². The van der Waals surface area contributed by atoms with Gasteiger partial charge in [0, 0.05) is 40.8 Å². The molecule has 2 aromatic heterocycles. The molecule has 3 aromatic rings. The molecular weight excluding hydrogens is 469 g/mol. The minimum absolute atomic E-state index is 0. The van der Waals surface area contributed by atoms with Crippen molar-refractivity contribution in [2.75, 3.05) is 13.1 Å². The fraction of sp³-hybridized carbons (Fsp3) is 0.400. The van der Waals surface area contributed by atoms with Gasteiger partial charge in [-0.1, -0.05) is 25.1 Å². The zero-order valence-electron chi connectivity index (χ0n) is 16.1. The number of nitrogens with zero attached hydrogens (tertiary/aromatic N) is 2. The number of aryl methyl sites for hydroxylation is 2. The second-order valence-electron chi connectivity index (χ2n) is 6.22. The van der Waals surface area contributed by atoms with Gasteiger partial charge in [0.1, 0.15) is 5.01 Å². The zero-order chi connectivity index (χ0) is 18.4. The fourth-order valence-electron chi connectivity index (χ4n) is 3.04. The van der Waals surface area contributed by atoms with E-state index < -0.39 is 0 Å². The molecule has 27 heavy (non-hydrogen) atoms. The number of thiazole rings is 1. The third kappa shape index (κ3) is 5.68. The van der Waals surface area contributed by atoms with Crippen LogP contribution in [0, 0.1) is 6.92 Å². The first-order valence-electron chi connectivity index (χ1n) is 9.23. The molecule has 0 radical (unpaired) electrons. The Hall–Kier alpha value is -1.61. The summed E-state index contributed by atoms with van der Waals surface area (Å²) < 4.78 is 0. The van der Waals surface area contributed by atoms with Crippen LogP contribution >= 0.6 is 35.3 Å². The number of H-pyrrole nitrogens is 1. The van der Waals surface area contributed by atoms with Gasteiger partial charge in [0.25, 0.3) is 0 Å². The highest BCUT2D eigenvalue weighted by Gasteiger charge is 2.08. The monoisotopic (exact) mass is 497 g/mol. The molecule has 1 aromatic carbocycles. The highest BCUT2D eigenvalue weighted by molar-refractivity contribution is 14.0. The lowest BCUT2D eigenvalue weighted by Crippen LogP contribution is -2.38. The number of hydrogen-bond acceptors (Lipinski definition) is 3. The number of fused-ring (bicyclic) bond motifs is 1. The van der Waals surface area contributed by atoms with Crippen LogP contribution in [0.1, 0.15) is 35.0 Å². The van der Waals surface area contributed by atoms with Crippen molar-refractivity contribution in [1.82, 2.24) is 20.6 Å². The van der Waals surface area contributed by atoms with E-state index in [0.29, 0.717) is 6.54 Å². The van der Waals surface area contributed by atoms with Gasteiger partial charge in [-0.15, -0.1) is 35.3 Å². The lowest BCUT2D eigenvalue weighted by molar-refractivity contribution is 0.798. The lowest BCUT2D eigenvalue weighted by atomic mass is 10.1. The molecule has 0 saturated carbocycles. The van der Waals surface area contributed by atoms with Crippen LogP contribution in [0.2, 0.25) is 0 Å². The topological polar surface area (TPSA) is 65.1 Å². The average Bonchev–Trinajstić information content (AvgIpc) is 3.24. The van der Waals surface area contributed by atoms with Crippen molar-refractivity contribution < 1.29 is 0 Å². The third-order valence-corrected chi connectivity index (χ3v) is 5.49. The van der Waals surface area contributed by atoms with Gasteiger partial charge in [0.2, 0.25) is 0 Å². The number of hydrogen-bond donors (Lipinski definition) is 3. The number of benzene rings is 1. The minimum Gasteiger partial charge on any atom is -0.358 e. The van der Waals surface area contributed by atoms with Crippen LogP contribution in [0.25, 0.3) is 10.9 Å². The smallest absolute Gasteiger partial charge is 0.191 e. The number of aromatic amines is 1. The summed E-state index contributed by atoms with van der Waals surface area (Å²) in [7, 11) is 0. The SMILES string of the molecule is CCNC(=NCc1ncc(CC)s1)NCCc1c(C)[nH]c2ccccc12.I. The predicted molar refractivity (Wildman–Crippen MR) is 126 cm³/mol. The fourth-order valence-corrected chi connectivity index (χ4v) is 3.82. The predicted octanol–water partition coefficient (Wildman–Crippen LogP) is 4.41. The Balaban J connectivity index is 0.00000261. The van der Waals surface area contributed by atoms with Crippen LogP contribution in [-0.2, 0) is 19.4 Å². The molecule has 146 valence electrons. The molecule has 3 rings (SSSR count). The maximum atomic E-state index is 4.67. The largest absolute Gasteiger partial charge is 0.358 e. The minimum atomic E-state index is 0. The van der Waals surface area contributed by atoms with E-state index in [0.717, 1.165) is 36.9 Å². The second-order valence-corrected chi connectivity index (χ2v) is 7.42. The van der Waals surface area contributed by atoms with Gasteiger partial charge in [-0.25, -0.2) is 9.98 Å². The molecule has 7 heteroatoms. The third-order valence-electron chi connectivity index (χ3n) is 4.36. The van der Waals surface area contributed by atoms with Gasteiger partial charge >= 0.3 is 0 Å². The summed E-state index contributed by atoms with van der Waals surface area (Å²) >= 11 is 1.74. The normalized spacial score (nSPS) is 11.4. The highest BCUT2D eigenvalue weighted by Crippen LogP contribution is 2.21. The molecule has 0 saturated heterocycles. The Morgan fingerprint density at radius 2 is 2.04 bits per heavy atom. The number of para-hydroxylation sites is 1. The summed E-state index contributed by atoms with van der Waals surface area (Å²) in [5.41, 5.74) is 3.82. The van der Waals surface area contributed by atoms with Gasteiger partial charge in [-0.05, 0) is 38.3 Å². The van der Waals surface area contributed by atoms with Crippen molar-refractivity contribution in [2.45, 2.75) is 40.2 Å². The van der Waals surface area contributed by atoms with Crippen molar-refractivity contribution in [2.24, 2.45) is 4.99 Å². The van der Waals surface area contributed by atoms with Crippen LogP contribution in [0.3, 0.4) is 0 Å². The molecule has 3 N–H and O–H groups in total. The summed E-state index contributed by atoms with van der Waals surface area (Å²) in [6.07, 6.45) is 3.94. The number of nitrogens with one attached hydrogen (secondary N) is 3. The van der Waals surface area contributed by atoms with Crippen molar-refractivity contribution in [1.29, 1.82) is 0 Å². The average molecular weight is 497 g/mol. The Labute approximate surface area is 182 Å². The van der Waals surface area contributed by atoms with Crippen molar-refractivity contribution >= 4 is 52.2 Å². The van der Waals surface area contributed by atoms with Gasteiger partial charge < -0.3 is 15.6 Å². The number of aliphatic imine (C=N–C) groups is 1. The molecule has 2 heterocycles. The van der Waals surface area contributed by atoms with E-state index in [9.17, 15) is 0 Å². The molecule has 0 bridgehead atoms. The molecule has 0 aliphatic heterocycles. The van der Waals surface area contributed by atoms with E-state index >= 15 is 0 Å². The first-order chi connectivity index (χ1) is 12.7. The van der Waals surface area contributed by atoms with Crippen molar-refractivity contribution in [3.8, 4) is 0 Å². The second kappa shape index (κ2) is 10.7. The van der Waals surface area contributed by atoms with Crippen LogP contribution in [0.15, 0.2) is 35.5 Å². The van der Waals surface area contributed by atoms with E-state index in [4.69, 9.17) is 0 Å². The first-order valence-corrected chi connectivity index (χ1v) is 10.0. The number of guanidine groups is 1. The molecule has 0 aliphatic carbocycles. The standard InChI is InChI=1S/C20H27N5S.HI/c1-4-15-12-23-19(26-15)13-24-20(21-5-2)22-11-10-16-14(3)25-18-9-7-6-8-17(16)18;/h6-9,12,25H,4-5,10-11,13H2,1-3H3,(H2,21,22,24);1H. The molecule has 0 fully saturated rings. The van der Waals surface area contributed by atoms with Gasteiger partial charge in [-0.2, -0.15) is 0 Å². The maximum absolute atomic E-state index is 4.67. The molecule has 0 aliphatic rings. The molecule has 0 spiro atoms.